The molecule has 4 rings (SSSR count). The molecule has 1 aromatic rings. The topological polar surface area (TPSA) is 40.1 Å². The summed E-state index contributed by atoms with van der Waals surface area (Å²) in [5.41, 5.74) is 1.44. The van der Waals surface area contributed by atoms with Gasteiger partial charge in [0.1, 0.15) is 0 Å². The molecule has 1 N–H and O–H groups in total. The molecule has 32 heavy (non-hydrogen) atoms. The first-order chi connectivity index (χ1) is 15.2. The predicted molar refractivity (Wildman–Crippen MR) is 147 cm³/mol. The van der Waals surface area contributed by atoms with Gasteiger partial charge in [-0.1, -0.05) is 37.3 Å². The van der Waals surface area contributed by atoms with E-state index >= 15 is 0 Å². The standard InChI is InChI=1S/C25H40N4OS.HI/c1-3-31-25(12-16-30-17-13-25)20-27-24(26-2)29-15-11-23-22(19-29)10-7-14-28(23)18-21-8-5-4-6-9-21;/h4-6,8-9,22-23H,3,7,10-20H2,1-2H3,(H,26,27);1H. The van der Waals surface area contributed by atoms with Gasteiger partial charge in [0.15, 0.2) is 5.96 Å². The quantitative estimate of drug-likeness (QED) is 0.310. The highest BCUT2D eigenvalue weighted by Gasteiger charge is 2.38. The number of fused-ring (bicyclic) bond motifs is 1. The molecule has 7 heteroatoms. The summed E-state index contributed by atoms with van der Waals surface area (Å²) >= 11 is 2.10. The van der Waals surface area contributed by atoms with Crippen molar-refractivity contribution in [3.05, 3.63) is 35.9 Å². The zero-order valence-electron chi connectivity index (χ0n) is 19.8. The summed E-state index contributed by atoms with van der Waals surface area (Å²) in [5.74, 6) is 3.00. The summed E-state index contributed by atoms with van der Waals surface area (Å²) in [4.78, 5) is 9.96. The number of halogens is 1. The van der Waals surface area contributed by atoms with E-state index in [-0.39, 0.29) is 24.0 Å². The second-order valence-electron chi connectivity index (χ2n) is 9.29. The number of piperidine rings is 2. The molecule has 0 bridgehead atoms. The van der Waals surface area contributed by atoms with Crippen LogP contribution in [0, 0.1) is 5.92 Å². The van der Waals surface area contributed by atoms with Crippen molar-refractivity contribution in [2.24, 2.45) is 10.9 Å². The van der Waals surface area contributed by atoms with Crippen molar-refractivity contribution >= 4 is 41.7 Å². The van der Waals surface area contributed by atoms with E-state index < -0.39 is 0 Å². The lowest BCUT2D eigenvalue weighted by Gasteiger charge is -2.48. The lowest BCUT2D eigenvalue weighted by atomic mass is 9.83. The number of guanidine groups is 1. The average Bonchev–Trinajstić information content (AvgIpc) is 2.81. The van der Waals surface area contributed by atoms with Crippen LogP contribution in [0.3, 0.4) is 0 Å². The van der Waals surface area contributed by atoms with Crippen LogP contribution < -0.4 is 5.32 Å². The monoisotopic (exact) mass is 572 g/mol. The number of thioether (sulfide) groups is 1. The number of rotatable bonds is 6. The first-order valence-corrected chi connectivity index (χ1v) is 13.2. The molecule has 3 aliphatic rings. The zero-order chi connectivity index (χ0) is 21.5. The number of ether oxygens (including phenoxy) is 1. The van der Waals surface area contributed by atoms with Gasteiger partial charge in [-0.2, -0.15) is 11.8 Å². The fraction of sp³-hybridized carbons (Fsp3) is 0.720. The second-order valence-corrected chi connectivity index (χ2v) is 11.0. The molecule has 0 saturated carbocycles. The van der Waals surface area contributed by atoms with Crippen LogP contribution in [0.1, 0.15) is 44.6 Å². The Morgan fingerprint density at radius 2 is 1.97 bits per heavy atom. The van der Waals surface area contributed by atoms with E-state index in [0.717, 1.165) is 69.9 Å². The number of nitrogens with one attached hydrogen (secondary N) is 1. The Morgan fingerprint density at radius 1 is 1.19 bits per heavy atom. The van der Waals surface area contributed by atoms with Gasteiger partial charge in [0.05, 0.1) is 0 Å². The summed E-state index contributed by atoms with van der Waals surface area (Å²) in [6, 6.07) is 11.7. The van der Waals surface area contributed by atoms with Crippen LogP contribution in [0.5, 0.6) is 0 Å². The molecule has 3 saturated heterocycles. The van der Waals surface area contributed by atoms with Crippen LogP contribution in [0.25, 0.3) is 0 Å². The Balaban J connectivity index is 0.00000289. The molecular formula is C25H41IN4OS. The van der Waals surface area contributed by atoms with Crippen molar-refractivity contribution in [1.29, 1.82) is 0 Å². The molecule has 3 fully saturated rings. The van der Waals surface area contributed by atoms with Crippen LogP contribution in [-0.4, -0.2) is 78.7 Å². The summed E-state index contributed by atoms with van der Waals surface area (Å²) in [5, 5.41) is 3.77. The summed E-state index contributed by atoms with van der Waals surface area (Å²) in [6.45, 7) is 9.60. The van der Waals surface area contributed by atoms with E-state index in [4.69, 9.17) is 4.74 Å². The van der Waals surface area contributed by atoms with Gasteiger partial charge in [0.25, 0.3) is 0 Å². The molecule has 0 aromatic heterocycles. The molecule has 180 valence electrons. The van der Waals surface area contributed by atoms with Crippen LogP contribution in [0.15, 0.2) is 35.3 Å². The molecular weight excluding hydrogens is 531 g/mol. The Labute approximate surface area is 216 Å². The first-order valence-electron chi connectivity index (χ1n) is 12.2. The minimum absolute atomic E-state index is 0. The Bertz CT molecular complexity index is 708. The molecule has 0 radical (unpaired) electrons. The molecule has 3 heterocycles. The molecule has 0 spiro atoms. The van der Waals surface area contributed by atoms with Crippen LogP contribution >= 0.6 is 35.7 Å². The van der Waals surface area contributed by atoms with Crippen molar-refractivity contribution in [2.45, 2.75) is 56.4 Å². The SMILES string of the molecule is CCSC1(CNC(=NC)N2CCC3C(CCCN3Cc3ccccc3)C2)CCOCC1.I. The minimum atomic E-state index is 0. The van der Waals surface area contributed by atoms with Gasteiger partial charge in [-0.25, -0.2) is 0 Å². The van der Waals surface area contributed by atoms with Crippen molar-refractivity contribution in [2.75, 3.05) is 52.2 Å². The summed E-state index contributed by atoms with van der Waals surface area (Å²) in [6.07, 6.45) is 6.16. The highest BCUT2D eigenvalue weighted by Crippen LogP contribution is 2.35. The molecule has 5 nitrogen and oxygen atoms in total. The maximum Gasteiger partial charge on any atom is 0.193 e. The minimum Gasteiger partial charge on any atom is -0.381 e. The fourth-order valence-corrected chi connectivity index (χ4v) is 6.95. The van der Waals surface area contributed by atoms with Crippen molar-refractivity contribution in [3.63, 3.8) is 0 Å². The second kappa shape index (κ2) is 12.8. The average molecular weight is 573 g/mol. The Kier molecular flexibility index (Phi) is 10.5. The van der Waals surface area contributed by atoms with Crippen molar-refractivity contribution in [1.82, 2.24) is 15.1 Å². The first kappa shape index (κ1) is 26.1. The molecule has 2 unspecified atom stereocenters. The van der Waals surface area contributed by atoms with E-state index in [1.54, 1.807) is 0 Å². The molecule has 0 amide bonds. The highest BCUT2D eigenvalue weighted by atomic mass is 127. The van der Waals surface area contributed by atoms with Gasteiger partial charge in [-0.15, -0.1) is 24.0 Å². The van der Waals surface area contributed by atoms with Gasteiger partial charge >= 0.3 is 0 Å². The van der Waals surface area contributed by atoms with Gasteiger partial charge in [-0.3, -0.25) is 9.89 Å². The van der Waals surface area contributed by atoms with E-state index in [1.165, 1.54) is 31.4 Å². The third kappa shape index (κ3) is 6.54. The van der Waals surface area contributed by atoms with E-state index in [9.17, 15) is 0 Å². The number of nitrogens with zero attached hydrogens (tertiary/aromatic N) is 3. The number of hydrogen-bond acceptors (Lipinski definition) is 4. The highest BCUT2D eigenvalue weighted by molar-refractivity contribution is 14.0. The number of hydrogen-bond donors (Lipinski definition) is 1. The van der Waals surface area contributed by atoms with Gasteiger partial charge in [0, 0.05) is 57.2 Å². The summed E-state index contributed by atoms with van der Waals surface area (Å²) in [7, 11) is 1.95. The normalized spacial score (nSPS) is 26.2. The van der Waals surface area contributed by atoms with Gasteiger partial charge < -0.3 is 15.0 Å². The van der Waals surface area contributed by atoms with Gasteiger partial charge in [0.2, 0.25) is 0 Å². The third-order valence-electron chi connectivity index (χ3n) is 7.35. The van der Waals surface area contributed by atoms with E-state index in [0.29, 0.717) is 10.8 Å². The van der Waals surface area contributed by atoms with E-state index in [1.807, 2.05) is 7.05 Å². The number of aliphatic imine (C=N–C) groups is 1. The lowest BCUT2D eigenvalue weighted by molar-refractivity contribution is 0.0370. The van der Waals surface area contributed by atoms with Crippen molar-refractivity contribution < 1.29 is 4.74 Å². The Morgan fingerprint density at radius 3 is 2.69 bits per heavy atom. The molecule has 2 atom stereocenters. The Hall–Kier alpha value is -0.510. The maximum absolute atomic E-state index is 5.65. The molecule has 0 aliphatic carbocycles. The third-order valence-corrected chi connectivity index (χ3v) is 8.80. The smallest absolute Gasteiger partial charge is 0.193 e. The predicted octanol–water partition coefficient (Wildman–Crippen LogP) is 4.47. The number of likely N-dealkylation sites (tertiary alicyclic amines) is 2. The lowest BCUT2D eigenvalue weighted by Crippen LogP contribution is -2.57. The van der Waals surface area contributed by atoms with E-state index in [2.05, 4.69) is 69.1 Å². The largest absolute Gasteiger partial charge is 0.381 e. The van der Waals surface area contributed by atoms with Crippen LogP contribution in [-0.2, 0) is 11.3 Å². The van der Waals surface area contributed by atoms with Crippen molar-refractivity contribution in [3.8, 4) is 0 Å². The van der Waals surface area contributed by atoms with Crippen LogP contribution in [0.4, 0.5) is 0 Å². The zero-order valence-corrected chi connectivity index (χ0v) is 22.9. The van der Waals surface area contributed by atoms with Crippen LogP contribution in [0.2, 0.25) is 0 Å². The number of benzene rings is 1. The fourth-order valence-electron chi connectivity index (χ4n) is 5.71. The molecule has 1 aromatic carbocycles. The van der Waals surface area contributed by atoms with Gasteiger partial charge in [-0.05, 0) is 55.9 Å². The molecule has 3 aliphatic heterocycles. The summed E-state index contributed by atoms with van der Waals surface area (Å²) < 4.78 is 5.94. The maximum atomic E-state index is 5.65.